The quantitative estimate of drug-likeness (QED) is 0.507. The zero-order valence-corrected chi connectivity index (χ0v) is 6.26. The van der Waals surface area contributed by atoms with Crippen LogP contribution in [0.25, 0.3) is 0 Å². The SMILES string of the molecule is COC(=O)CNC[C@@H](C)O. The van der Waals surface area contributed by atoms with Crippen LogP contribution in [0.5, 0.6) is 0 Å². The van der Waals surface area contributed by atoms with Crippen LogP contribution in [0.3, 0.4) is 0 Å². The van der Waals surface area contributed by atoms with Crippen molar-refractivity contribution in [3.63, 3.8) is 0 Å². The molecule has 0 unspecified atom stereocenters. The number of carbonyl (C=O) groups excluding carboxylic acids is 1. The van der Waals surface area contributed by atoms with Crippen molar-refractivity contribution in [2.75, 3.05) is 20.2 Å². The number of ether oxygens (including phenoxy) is 1. The summed E-state index contributed by atoms with van der Waals surface area (Å²) >= 11 is 0. The fourth-order valence-electron chi connectivity index (χ4n) is 0.455. The minimum atomic E-state index is -0.426. The smallest absolute Gasteiger partial charge is 0.319 e. The molecule has 0 saturated heterocycles. The summed E-state index contributed by atoms with van der Waals surface area (Å²) < 4.78 is 4.35. The third-order valence-corrected chi connectivity index (χ3v) is 0.937. The van der Waals surface area contributed by atoms with Gasteiger partial charge in [-0.3, -0.25) is 4.79 Å². The van der Waals surface area contributed by atoms with Crippen LogP contribution in [-0.2, 0) is 9.53 Å². The first kappa shape index (κ1) is 9.39. The molecule has 0 aliphatic rings. The summed E-state index contributed by atoms with van der Waals surface area (Å²) in [6.07, 6.45) is -0.426. The standard InChI is InChI=1S/C6H13NO3/c1-5(8)3-7-4-6(9)10-2/h5,7-8H,3-4H2,1-2H3/t5-/m1/s1. The maximum Gasteiger partial charge on any atom is 0.319 e. The van der Waals surface area contributed by atoms with Crippen molar-refractivity contribution >= 4 is 5.97 Å². The van der Waals surface area contributed by atoms with E-state index in [0.29, 0.717) is 6.54 Å². The Morgan fingerprint density at radius 2 is 2.40 bits per heavy atom. The lowest BCUT2D eigenvalue weighted by atomic mass is 10.4. The normalized spacial score (nSPS) is 12.7. The van der Waals surface area contributed by atoms with Crippen LogP contribution in [0.15, 0.2) is 0 Å². The monoisotopic (exact) mass is 147 g/mol. The molecule has 0 spiro atoms. The number of methoxy groups -OCH3 is 1. The van der Waals surface area contributed by atoms with Crippen LogP contribution in [-0.4, -0.2) is 37.4 Å². The van der Waals surface area contributed by atoms with Crippen LogP contribution in [0.1, 0.15) is 6.92 Å². The van der Waals surface area contributed by atoms with Gasteiger partial charge in [-0.1, -0.05) is 0 Å². The maximum absolute atomic E-state index is 10.4. The second kappa shape index (κ2) is 5.20. The van der Waals surface area contributed by atoms with Crippen LogP contribution in [0, 0.1) is 0 Å². The predicted octanol–water partition coefficient (Wildman–Crippen LogP) is -0.870. The van der Waals surface area contributed by atoms with Gasteiger partial charge in [0.2, 0.25) is 0 Å². The number of hydrogen-bond donors (Lipinski definition) is 2. The van der Waals surface area contributed by atoms with Crippen molar-refractivity contribution in [2.24, 2.45) is 0 Å². The molecular formula is C6H13NO3. The van der Waals surface area contributed by atoms with E-state index in [1.165, 1.54) is 7.11 Å². The fraction of sp³-hybridized carbons (Fsp3) is 0.833. The van der Waals surface area contributed by atoms with Crippen molar-refractivity contribution in [1.29, 1.82) is 0 Å². The highest BCUT2D eigenvalue weighted by Gasteiger charge is 1.99. The lowest BCUT2D eigenvalue weighted by Crippen LogP contribution is -2.30. The van der Waals surface area contributed by atoms with Gasteiger partial charge >= 0.3 is 5.97 Å². The van der Waals surface area contributed by atoms with E-state index in [9.17, 15) is 4.79 Å². The highest BCUT2D eigenvalue weighted by atomic mass is 16.5. The largest absolute Gasteiger partial charge is 0.468 e. The van der Waals surface area contributed by atoms with Gasteiger partial charge in [-0.05, 0) is 6.92 Å². The first-order valence-electron chi connectivity index (χ1n) is 3.12. The van der Waals surface area contributed by atoms with Gasteiger partial charge in [0.25, 0.3) is 0 Å². The topological polar surface area (TPSA) is 58.6 Å². The number of esters is 1. The van der Waals surface area contributed by atoms with Gasteiger partial charge in [0, 0.05) is 6.54 Å². The Balaban J connectivity index is 3.12. The molecule has 0 saturated carbocycles. The van der Waals surface area contributed by atoms with Crippen molar-refractivity contribution in [3.05, 3.63) is 0 Å². The molecule has 0 fully saturated rings. The Labute approximate surface area is 60.2 Å². The van der Waals surface area contributed by atoms with Gasteiger partial charge in [0.05, 0.1) is 19.8 Å². The molecule has 0 aliphatic heterocycles. The van der Waals surface area contributed by atoms with Crippen LogP contribution in [0.4, 0.5) is 0 Å². The minimum Gasteiger partial charge on any atom is -0.468 e. The van der Waals surface area contributed by atoms with Gasteiger partial charge in [-0.25, -0.2) is 0 Å². The van der Waals surface area contributed by atoms with Crippen LogP contribution < -0.4 is 5.32 Å². The van der Waals surface area contributed by atoms with E-state index in [-0.39, 0.29) is 12.5 Å². The second-order valence-corrected chi connectivity index (χ2v) is 2.06. The average Bonchev–Trinajstić information content (AvgIpc) is 1.87. The molecule has 4 nitrogen and oxygen atoms in total. The molecule has 0 aromatic carbocycles. The molecule has 2 N–H and O–H groups in total. The van der Waals surface area contributed by atoms with Crippen LogP contribution in [0.2, 0.25) is 0 Å². The Morgan fingerprint density at radius 1 is 1.80 bits per heavy atom. The predicted molar refractivity (Wildman–Crippen MR) is 36.6 cm³/mol. The molecule has 0 aromatic heterocycles. The van der Waals surface area contributed by atoms with E-state index < -0.39 is 6.10 Å². The lowest BCUT2D eigenvalue weighted by molar-refractivity contribution is -0.139. The van der Waals surface area contributed by atoms with Gasteiger partial charge in [-0.15, -0.1) is 0 Å². The van der Waals surface area contributed by atoms with E-state index >= 15 is 0 Å². The molecule has 0 radical (unpaired) electrons. The van der Waals surface area contributed by atoms with Gasteiger partial charge in [-0.2, -0.15) is 0 Å². The van der Waals surface area contributed by atoms with Crippen LogP contribution >= 0.6 is 0 Å². The molecule has 1 atom stereocenters. The highest BCUT2D eigenvalue weighted by molar-refractivity contribution is 5.71. The molecule has 10 heavy (non-hydrogen) atoms. The summed E-state index contributed by atoms with van der Waals surface area (Å²) in [5.41, 5.74) is 0. The second-order valence-electron chi connectivity index (χ2n) is 2.06. The van der Waals surface area contributed by atoms with Gasteiger partial charge < -0.3 is 15.2 Å². The molecule has 0 bridgehead atoms. The van der Waals surface area contributed by atoms with Crippen molar-refractivity contribution < 1.29 is 14.6 Å². The first-order valence-corrected chi connectivity index (χ1v) is 3.12. The van der Waals surface area contributed by atoms with Crippen molar-refractivity contribution in [2.45, 2.75) is 13.0 Å². The summed E-state index contributed by atoms with van der Waals surface area (Å²) in [5, 5.41) is 11.4. The van der Waals surface area contributed by atoms with Gasteiger partial charge in [0.1, 0.15) is 0 Å². The molecule has 0 aliphatic carbocycles. The number of aliphatic hydroxyl groups excluding tert-OH is 1. The Bertz CT molecular complexity index is 103. The Kier molecular flexibility index (Phi) is 4.88. The lowest BCUT2D eigenvalue weighted by Gasteiger charge is -2.04. The molecule has 0 rings (SSSR count). The molecule has 0 heterocycles. The summed E-state index contributed by atoms with van der Waals surface area (Å²) in [6, 6.07) is 0. The number of rotatable bonds is 4. The molecule has 0 aromatic rings. The molecule has 4 heteroatoms. The first-order chi connectivity index (χ1) is 4.66. The number of aliphatic hydroxyl groups is 1. The molecule has 60 valence electrons. The number of carbonyl (C=O) groups is 1. The fourth-order valence-corrected chi connectivity index (χ4v) is 0.455. The van der Waals surface area contributed by atoms with Gasteiger partial charge in [0.15, 0.2) is 0 Å². The van der Waals surface area contributed by atoms with E-state index in [1.54, 1.807) is 6.92 Å². The van der Waals surface area contributed by atoms with E-state index in [2.05, 4.69) is 10.1 Å². The molecular weight excluding hydrogens is 134 g/mol. The van der Waals surface area contributed by atoms with E-state index in [1.807, 2.05) is 0 Å². The Morgan fingerprint density at radius 3 is 2.80 bits per heavy atom. The number of nitrogens with one attached hydrogen (secondary N) is 1. The van der Waals surface area contributed by atoms with E-state index in [4.69, 9.17) is 5.11 Å². The highest BCUT2D eigenvalue weighted by Crippen LogP contribution is 1.75. The summed E-state index contributed by atoms with van der Waals surface area (Å²) in [4.78, 5) is 10.4. The maximum atomic E-state index is 10.4. The zero-order chi connectivity index (χ0) is 7.98. The van der Waals surface area contributed by atoms with E-state index in [0.717, 1.165) is 0 Å². The minimum absolute atomic E-state index is 0.154. The summed E-state index contributed by atoms with van der Waals surface area (Å²) in [5.74, 6) is -0.319. The van der Waals surface area contributed by atoms with Crippen molar-refractivity contribution in [1.82, 2.24) is 5.32 Å². The zero-order valence-electron chi connectivity index (χ0n) is 6.26. The average molecular weight is 147 g/mol. The third-order valence-electron chi connectivity index (χ3n) is 0.937. The number of hydrogen-bond acceptors (Lipinski definition) is 4. The molecule has 0 amide bonds. The summed E-state index contributed by atoms with van der Waals surface area (Å²) in [7, 11) is 1.33. The van der Waals surface area contributed by atoms with Crippen molar-refractivity contribution in [3.8, 4) is 0 Å². The summed E-state index contributed by atoms with van der Waals surface area (Å²) in [6.45, 7) is 2.21. The Hall–Kier alpha value is -0.610. The third kappa shape index (κ3) is 5.53.